The first-order valence-electron chi connectivity index (χ1n) is 9.44. The van der Waals surface area contributed by atoms with E-state index >= 15 is 0 Å². The van der Waals surface area contributed by atoms with Crippen molar-refractivity contribution in [2.75, 3.05) is 13.7 Å². The molecule has 0 spiro atoms. The van der Waals surface area contributed by atoms with Gasteiger partial charge in [0.05, 0.1) is 29.9 Å². The minimum Gasteiger partial charge on any atom is -0.465 e. The van der Waals surface area contributed by atoms with Gasteiger partial charge in [0.2, 0.25) is 5.78 Å². The lowest BCUT2D eigenvalue weighted by molar-refractivity contribution is 0.0474. The first kappa shape index (κ1) is 21.5. The van der Waals surface area contributed by atoms with Crippen LogP contribution in [0.1, 0.15) is 48.0 Å². The van der Waals surface area contributed by atoms with E-state index < -0.39 is 18.5 Å². The Kier molecular flexibility index (Phi) is 6.32. The maximum absolute atomic E-state index is 12.7. The molecule has 156 valence electrons. The predicted molar refractivity (Wildman–Crippen MR) is 112 cm³/mol. The Bertz CT molecular complexity index is 1180. The summed E-state index contributed by atoms with van der Waals surface area (Å²) in [6.07, 6.45) is 0. The van der Waals surface area contributed by atoms with Crippen molar-refractivity contribution >= 4 is 17.7 Å². The number of benzene rings is 2. The van der Waals surface area contributed by atoms with E-state index in [9.17, 15) is 14.4 Å². The number of esters is 2. The Balaban J connectivity index is 1.74. The summed E-state index contributed by atoms with van der Waals surface area (Å²) in [7, 11) is 1.32. The van der Waals surface area contributed by atoms with Crippen LogP contribution in [0, 0.1) is 25.2 Å². The first-order chi connectivity index (χ1) is 14.8. The fraction of sp³-hybridized carbons (Fsp3) is 0.167. The fourth-order valence-electron chi connectivity index (χ4n) is 3.28. The van der Waals surface area contributed by atoms with E-state index in [1.165, 1.54) is 31.4 Å². The van der Waals surface area contributed by atoms with E-state index in [4.69, 9.17) is 14.7 Å². The molecule has 1 aromatic heterocycles. The smallest absolute Gasteiger partial charge is 0.338 e. The Morgan fingerprint density at radius 1 is 0.935 bits per heavy atom. The van der Waals surface area contributed by atoms with Crippen molar-refractivity contribution in [1.29, 1.82) is 5.26 Å². The zero-order valence-electron chi connectivity index (χ0n) is 17.3. The van der Waals surface area contributed by atoms with Crippen molar-refractivity contribution in [2.24, 2.45) is 0 Å². The number of Topliss-reactive ketones (excluding diaryl/α,β-unsaturated/α-hetero) is 1. The lowest BCUT2D eigenvalue weighted by Gasteiger charge is -2.11. The highest BCUT2D eigenvalue weighted by Crippen LogP contribution is 2.22. The van der Waals surface area contributed by atoms with E-state index in [-0.39, 0.29) is 11.3 Å². The molecule has 0 amide bonds. The fourth-order valence-corrected chi connectivity index (χ4v) is 3.28. The summed E-state index contributed by atoms with van der Waals surface area (Å²) >= 11 is 0. The van der Waals surface area contributed by atoms with Crippen molar-refractivity contribution in [3.63, 3.8) is 0 Å². The quantitative estimate of drug-likeness (QED) is 0.448. The second kappa shape index (κ2) is 9.09. The van der Waals surface area contributed by atoms with E-state index in [1.54, 1.807) is 37.3 Å². The van der Waals surface area contributed by atoms with Gasteiger partial charge in [0.25, 0.3) is 0 Å². The molecule has 7 heteroatoms. The van der Waals surface area contributed by atoms with Crippen LogP contribution in [0.2, 0.25) is 0 Å². The SMILES string of the molecule is COC(=O)c1ccc(-n2c(C)cc(C(=O)COC(=O)c3ccc(C#N)cc3)c2C)cc1. The number of carbonyl (C=O) groups is 3. The number of nitriles is 1. The number of nitrogens with zero attached hydrogens (tertiary/aromatic N) is 2. The highest BCUT2D eigenvalue weighted by Gasteiger charge is 2.19. The van der Waals surface area contributed by atoms with Gasteiger partial charge in [-0.2, -0.15) is 5.26 Å². The maximum Gasteiger partial charge on any atom is 0.338 e. The van der Waals surface area contributed by atoms with Crippen LogP contribution in [0.5, 0.6) is 0 Å². The Morgan fingerprint density at radius 2 is 1.52 bits per heavy atom. The topological polar surface area (TPSA) is 98.4 Å². The minimum atomic E-state index is -0.634. The summed E-state index contributed by atoms with van der Waals surface area (Å²) in [5.41, 5.74) is 3.88. The van der Waals surface area contributed by atoms with Crippen LogP contribution in [-0.4, -0.2) is 36.0 Å². The second-order valence-corrected chi connectivity index (χ2v) is 6.85. The van der Waals surface area contributed by atoms with Crippen LogP contribution < -0.4 is 0 Å². The van der Waals surface area contributed by atoms with Crippen LogP contribution in [0.3, 0.4) is 0 Å². The number of hydrogen-bond donors (Lipinski definition) is 0. The number of hydrogen-bond acceptors (Lipinski definition) is 6. The number of carbonyl (C=O) groups excluding carboxylic acids is 3. The van der Waals surface area contributed by atoms with Gasteiger partial charge in [-0.15, -0.1) is 0 Å². The molecule has 0 N–H and O–H groups in total. The third kappa shape index (κ3) is 4.54. The molecule has 7 nitrogen and oxygen atoms in total. The van der Waals surface area contributed by atoms with Gasteiger partial charge in [0, 0.05) is 22.6 Å². The average Bonchev–Trinajstić information content (AvgIpc) is 3.10. The molecule has 0 saturated heterocycles. The second-order valence-electron chi connectivity index (χ2n) is 6.85. The van der Waals surface area contributed by atoms with E-state index in [0.29, 0.717) is 22.4 Å². The summed E-state index contributed by atoms with van der Waals surface area (Å²) < 4.78 is 11.7. The number of aryl methyl sites for hydroxylation is 1. The molecule has 0 fully saturated rings. The molecule has 0 saturated carbocycles. The van der Waals surface area contributed by atoms with Crippen molar-refractivity contribution in [2.45, 2.75) is 13.8 Å². The number of ketones is 1. The van der Waals surface area contributed by atoms with Crippen LogP contribution in [0.15, 0.2) is 54.6 Å². The van der Waals surface area contributed by atoms with E-state index in [1.807, 2.05) is 17.6 Å². The van der Waals surface area contributed by atoms with E-state index in [0.717, 1.165) is 11.4 Å². The molecule has 0 radical (unpaired) electrons. The lowest BCUT2D eigenvalue weighted by atomic mass is 10.1. The molecule has 31 heavy (non-hydrogen) atoms. The lowest BCUT2D eigenvalue weighted by Crippen LogP contribution is -2.15. The summed E-state index contributed by atoms with van der Waals surface area (Å²) in [6.45, 7) is 3.27. The number of methoxy groups -OCH3 is 1. The van der Waals surface area contributed by atoms with Gasteiger partial charge in [-0.05, 0) is 68.4 Å². The van der Waals surface area contributed by atoms with E-state index in [2.05, 4.69) is 0 Å². The summed E-state index contributed by atoms with van der Waals surface area (Å²) in [4.78, 5) is 36.5. The molecule has 0 aliphatic rings. The zero-order valence-corrected chi connectivity index (χ0v) is 17.3. The normalized spacial score (nSPS) is 10.3. The molecule has 0 atom stereocenters. The maximum atomic E-state index is 12.7. The van der Waals surface area contributed by atoms with Crippen molar-refractivity contribution in [3.8, 4) is 11.8 Å². The van der Waals surface area contributed by atoms with Crippen molar-refractivity contribution in [1.82, 2.24) is 4.57 Å². The van der Waals surface area contributed by atoms with Gasteiger partial charge < -0.3 is 14.0 Å². The summed E-state index contributed by atoms with van der Waals surface area (Å²) in [5, 5.41) is 8.82. The van der Waals surface area contributed by atoms with Crippen molar-refractivity contribution in [3.05, 3.63) is 88.2 Å². The number of aromatic nitrogens is 1. The molecule has 3 aromatic rings. The van der Waals surface area contributed by atoms with Crippen LogP contribution in [-0.2, 0) is 9.47 Å². The molecule has 0 aliphatic heterocycles. The van der Waals surface area contributed by atoms with Gasteiger partial charge in [0.15, 0.2) is 6.61 Å². The van der Waals surface area contributed by atoms with Gasteiger partial charge in [-0.3, -0.25) is 4.79 Å². The molecule has 1 heterocycles. The molecular formula is C24H20N2O5. The molecule has 2 aromatic carbocycles. The third-order valence-electron chi connectivity index (χ3n) is 4.86. The molecule has 0 bridgehead atoms. The third-order valence-corrected chi connectivity index (χ3v) is 4.86. The molecule has 0 unspecified atom stereocenters. The van der Waals surface area contributed by atoms with Crippen LogP contribution >= 0.6 is 0 Å². The Morgan fingerprint density at radius 3 is 2.10 bits per heavy atom. The molecule has 3 rings (SSSR count). The summed E-state index contributed by atoms with van der Waals surface area (Å²) in [5.74, 6) is -1.38. The molecule has 0 aliphatic carbocycles. The van der Waals surface area contributed by atoms with Crippen LogP contribution in [0.4, 0.5) is 0 Å². The zero-order chi connectivity index (χ0) is 22.5. The molecular weight excluding hydrogens is 396 g/mol. The number of rotatable bonds is 6. The van der Waals surface area contributed by atoms with Gasteiger partial charge in [0.1, 0.15) is 0 Å². The monoisotopic (exact) mass is 416 g/mol. The standard InChI is InChI=1S/C24H20N2O5/c1-15-12-21(16(2)26(15)20-10-8-18(9-11-20)23(28)30-3)22(27)14-31-24(29)19-6-4-17(13-25)5-7-19/h4-12H,14H2,1-3H3. The van der Waals surface area contributed by atoms with Gasteiger partial charge in [-0.25, -0.2) is 9.59 Å². The van der Waals surface area contributed by atoms with Crippen molar-refractivity contribution < 1.29 is 23.9 Å². The Labute approximate surface area is 179 Å². The Hall–Kier alpha value is -4.18. The van der Waals surface area contributed by atoms with Gasteiger partial charge >= 0.3 is 11.9 Å². The average molecular weight is 416 g/mol. The highest BCUT2D eigenvalue weighted by molar-refractivity contribution is 6.00. The van der Waals surface area contributed by atoms with Gasteiger partial charge in [-0.1, -0.05) is 0 Å². The minimum absolute atomic E-state index is 0.267. The van der Waals surface area contributed by atoms with Crippen LogP contribution in [0.25, 0.3) is 5.69 Å². The number of ether oxygens (including phenoxy) is 2. The highest BCUT2D eigenvalue weighted by atomic mass is 16.5. The summed E-state index contributed by atoms with van der Waals surface area (Å²) in [6, 6.07) is 16.5. The predicted octanol–water partition coefficient (Wildman–Crippen LogP) is 3.79. The first-order valence-corrected chi connectivity index (χ1v) is 9.44. The largest absolute Gasteiger partial charge is 0.465 e.